The van der Waals surface area contributed by atoms with E-state index in [-0.39, 0.29) is 0 Å². The van der Waals surface area contributed by atoms with E-state index in [0.717, 1.165) is 5.75 Å². The molecule has 0 aliphatic carbocycles. The van der Waals surface area contributed by atoms with Gasteiger partial charge in [-0.25, -0.2) is 0 Å². The van der Waals surface area contributed by atoms with Gasteiger partial charge in [0.1, 0.15) is 18.5 Å². The molecule has 0 unspecified atom stereocenters. The van der Waals surface area contributed by atoms with Crippen molar-refractivity contribution in [2.75, 3.05) is 13.2 Å². The van der Waals surface area contributed by atoms with Crippen LogP contribution < -0.4 is 4.74 Å². The van der Waals surface area contributed by atoms with E-state index in [1.165, 1.54) is 19.3 Å². The van der Waals surface area contributed by atoms with E-state index < -0.39 is 6.10 Å². The summed E-state index contributed by atoms with van der Waals surface area (Å²) in [6.45, 7) is 5.57. The molecule has 0 radical (unpaired) electrons. The molecule has 0 amide bonds. The lowest BCUT2D eigenvalue weighted by molar-refractivity contribution is 0.0209. The molecule has 0 aromatic heterocycles. The summed E-state index contributed by atoms with van der Waals surface area (Å²) >= 11 is 0. The maximum Gasteiger partial charge on any atom is 0.119 e. The standard InChI is InChI=1S/C16H25NO2/c1-13-7-6-8-14(2)17(13)11-15(18)12-19-16-9-4-3-5-10-16/h3-5,9-10,13-15,18H,6-8,11-12H2,1-2H3/t13-,14-,15-/m0/s1. The zero-order valence-electron chi connectivity index (χ0n) is 12.0. The molecule has 1 heterocycles. The lowest BCUT2D eigenvalue weighted by Crippen LogP contribution is -2.48. The zero-order valence-corrected chi connectivity index (χ0v) is 12.0. The highest BCUT2D eigenvalue weighted by atomic mass is 16.5. The van der Waals surface area contributed by atoms with Gasteiger partial charge < -0.3 is 9.84 Å². The highest BCUT2D eigenvalue weighted by Crippen LogP contribution is 2.22. The fraction of sp³-hybridized carbons (Fsp3) is 0.625. The number of nitrogens with zero attached hydrogens (tertiary/aromatic N) is 1. The molecular formula is C16H25NO2. The highest BCUT2D eigenvalue weighted by molar-refractivity contribution is 5.20. The van der Waals surface area contributed by atoms with Crippen LogP contribution in [0.15, 0.2) is 30.3 Å². The number of likely N-dealkylation sites (tertiary alicyclic amines) is 1. The number of hydrogen-bond acceptors (Lipinski definition) is 3. The topological polar surface area (TPSA) is 32.7 Å². The average molecular weight is 263 g/mol. The average Bonchev–Trinajstić information content (AvgIpc) is 2.42. The van der Waals surface area contributed by atoms with Gasteiger partial charge in [-0.2, -0.15) is 0 Å². The Balaban J connectivity index is 1.78. The molecule has 3 nitrogen and oxygen atoms in total. The van der Waals surface area contributed by atoms with Crippen LogP contribution in [0.3, 0.4) is 0 Å². The van der Waals surface area contributed by atoms with Gasteiger partial charge >= 0.3 is 0 Å². The first-order chi connectivity index (χ1) is 9.16. The molecule has 0 spiro atoms. The molecule has 3 heteroatoms. The number of ether oxygens (including phenoxy) is 1. The summed E-state index contributed by atoms with van der Waals surface area (Å²) in [7, 11) is 0. The van der Waals surface area contributed by atoms with Crippen molar-refractivity contribution in [3.8, 4) is 5.75 Å². The minimum absolute atomic E-state index is 0.361. The van der Waals surface area contributed by atoms with Gasteiger partial charge in [0.05, 0.1) is 0 Å². The Morgan fingerprint density at radius 1 is 1.21 bits per heavy atom. The molecular weight excluding hydrogens is 238 g/mol. The summed E-state index contributed by atoms with van der Waals surface area (Å²) in [6.07, 6.45) is 3.34. The van der Waals surface area contributed by atoms with E-state index in [2.05, 4.69) is 18.7 Å². The largest absolute Gasteiger partial charge is 0.491 e. The van der Waals surface area contributed by atoms with Gasteiger partial charge in [0.25, 0.3) is 0 Å². The third-order valence-electron chi connectivity index (χ3n) is 3.98. The quantitative estimate of drug-likeness (QED) is 0.886. The second-order valence-electron chi connectivity index (χ2n) is 5.60. The van der Waals surface area contributed by atoms with Crippen molar-refractivity contribution in [2.24, 2.45) is 0 Å². The van der Waals surface area contributed by atoms with Crippen molar-refractivity contribution in [3.63, 3.8) is 0 Å². The number of hydrogen-bond donors (Lipinski definition) is 1. The number of benzene rings is 1. The van der Waals surface area contributed by atoms with Crippen molar-refractivity contribution in [2.45, 2.75) is 51.3 Å². The summed E-state index contributed by atoms with van der Waals surface area (Å²) in [4.78, 5) is 2.41. The van der Waals surface area contributed by atoms with Crippen LogP contribution in [0.2, 0.25) is 0 Å². The number of para-hydroxylation sites is 1. The van der Waals surface area contributed by atoms with Crippen molar-refractivity contribution in [3.05, 3.63) is 30.3 Å². The molecule has 1 aliphatic heterocycles. The maximum absolute atomic E-state index is 10.1. The second kappa shape index (κ2) is 6.92. The molecule has 19 heavy (non-hydrogen) atoms. The molecule has 3 atom stereocenters. The van der Waals surface area contributed by atoms with Gasteiger partial charge in [-0.05, 0) is 38.8 Å². The van der Waals surface area contributed by atoms with E-state index in [1.54, 1.807) is 0 Å². The zero-order chi connectivity index (χ0) is 13.7. The van der Waals surface area contributed by atoms with Gasteiger partial charge in [-0.3, -0.25) is 4.90 Å². The predicted octanol–water partition coefficient (Wildman–Crippen LogP) is 2.69. The molecule has 1 aliphatic rings. The lowest BCUT2D eigenvalue weighted by Gasteiger charge is -2.40. The van der Waals surface area contributed by atoms with Crippen LogP contribution in [0.1, 0.15) is 33.1 Å². The van der Waals surface area contributed by atoms with Crippen LogP contribution in [0.4, 0.5) is 0 Å². The van der Waals surface area contributed by atoms with E-state index >= 15 is 0 Å². The van der Waals surface area contributed by atoms with Crippen molar-refractivity contribution in [1.29, 1.82) is 0 Å². The first kappa shape index (κ1) is 14.4. The molecule has 0 saturated carbocycles. The molecule has 1 fully saturated rings. The Bertz CT molecular complexity index is 358. The van der Waals surface area contributed by atoms with Crippen LogP contribution in [-0.2, 0) is 0 Å². The predicted molar refractivity (Wildman–Crippen MR) is 77.4 cm³/mol. The summed E-state index contributed by atoms with van der Waals surface area (Å²) in [5, 5.41) is 10.1. The third kappa shape index (κ3) is 4.22. The Labute approximate surface area is 116 Å². The second-order valence-corrected chi connectivity index (χ2v) is 5.60. The summed E-state index contributed by atoms with van der Waals surface area (Å²) in [5.41, 5.74) is 0. The van der Waals surface area contributed by atoms with Crippen LogP contribution in [0, 0.1) is 0 Å². The summed E-state index contributed by atoms with van der Waals surface area (Å²) in [6, 6.07) is 10.8. The molecule has 1 aromatic carbocycles. The summed E-state index contributed by atoms with van der Waals surface area (Å²) in [5.74, 6) is 0.821. The van der Waals surface area contributed by atoms with Gasteiger partial charge in [-0.15, -0.1) is 0 Å². The van der Waals surface area contributed by atoms with E-state index in [4.69, 9.17) is 4.74 Å². The number of rotatable bonds is 5. The lowest BCUT2D eigenvalue weighted by atomic mass is 9.97. The maximum atomic E-state index is 10.1. The number of aliphatic hydroxyl groups excluding tert-OH is 1. The Hall–Kier alpha value is -1.06. The van der Waals surface area contributed by atoms with Gasteiger partial charge in [-0.1, -0.05) is 24.6 Å². The first-order valence-corrected chi connectivity index (χ1v) is 7.28. The van der Waals surface area contributed by atoms with Crippen molar-refractivity contribution >= 4 is 0 Å². The Morgan fingerprint density at radius 2 is 1.84 bits per heavy atom. The monoisotopic (exact) mass is 263 g/mol. The third-order valence-corrected chi connectivity index (χ3v) is 3.98. The summed E-state index contributed by atoms with van der Waals surface area (Å²) < 4.78 is 5.60. The minimum Gasteiger partial charge on any atom is -0.491 e. The number of piperidine rings is 1. The van der Waals surface area contributed by atoms with Crippen molar-refractivity contribution in [1.82, 2.24) is 4.90 Å². The van der Waals surface area contributed by atoms with E-state index in [1.807, 2.05) is 30.3 Å². The number of aliphatic hydroxyl groups is 1. The van der Waals surface area contributed by atoms with Crippen molar-refractivity contribution < 1.29 is 9.84 Å². The molecule has 0 bridgehead atoms. The Kier molecular flexibility index (Phi) is 5.23. The Morgan fingerprint density at radius 3 is 2.47 bits per heavy atom. The van der Waals surface area contributed by atoms with E-state index in [0.29, 0.717) is 25.2 Å². The molecule has 1 aromatic rings. The molecule has 1 N–H and O–H groups in total. The van der Waals surface area contributed by atoms with Gasteiger partial charge in [0.2, 0.25) is 0 Å². The molecule has 1 saturated heterocycles. The van der Waals surface area contributed by atoms with Crippen LogP contribution >= 0.6 is 0 Å². The van der Waals surface area contributed by atoms with Crippen LogP contribution in [0.25, 0.3) is 0 Å². The first-order valence-electron chi connectivity index (χ1n) is 7.28. The normalized spacial score (nSPS) is 26.1. The van der Waals surface area contributed by atoms with Crippen LogP contribution in [-0.4, -0.2) is 41.3 Å². The van der Waals surface area contributed by atoms with E-state index in [9.17, 15) is 5.11 Å². The smallest absolute Gasteiger partial charge is 0.119 e. The highest BCUT2D eigenvalue weighted by Gasteiger charge is 2.26. The molecule has 106 valence electrons. The fourth-order valence-corrected chi connectivity index (χ4v) is 2.84. The minimum atomic E-state index is -0.428. The van der Waals surface area contributed by atoms with Gasteiger partial charge in [0.15, 0.2) is 0 Å². The van der Waals surface area contributed by atoms with Crippen LogP contribution in [0.5, 0.6) is 5.75 Å². The molecule has 2 rings (SSSR count). The number of β-amino-alcohol motifs (C(OH)–C–C–N with tert-alkyl or cyclic N) is 1. The fourth-order valence-electron chi connectivity index (χ4n) is 2.84. The van der Waals surface area contributed by atoms with Gasteiger partial charge in [0, 0.05) is 18.6 Å². The SMILES string of the molecule is C[C@H]1CCC[C@H](C)N1C[C@H](O)COc1ccccc1.